The van der Waals surface area contributed by atoms with Gasteiger partial charge in [0.2, 0.25) is 0 Å². The third-order valence-electron chi connectivity index (χ3n) is 5.86. The van der Waals surface area contributed by atoms with E-state index in [1.54, 1.807) is 19.1 Å². The van der Waals surface area contributed by atoms with Crippen molar-refractivity contribution in [3.63, 3.8) is 0 Å². The number of hydrogen-bond donors (Lipinski definition) is 2. The lowest BCUT2D eigenvalue weighted by atomic mass is 9.97. The number of nitrogens with zero attached hydrogens (tertiary/aromatic N) is 4. The third-order valence-corrected chi connectivity index (χ3v) is 7.84. The molecule has 6 nitrogen and oxygen atoms in total. The average molecular weight is 470 g/mol. The molecule has 0 amide bonds. The molecule has 3 heterocycles. The summed E-state index contributed by atoms with van der Waals surface area (Å²) in [6.45, 7) is -1.07. The molecule has 5 rings (SSSR count). The Balaban J connectivity index is 1.86. The van der Waals surface area contributed by atoms with Crippen molar-refractivity contribution in [3.05, 3.63) is 53.9 Å². The summed E-state index contributed by atoms with van der Waals surface area (Å²) in [5.74, 6) is 0.599. The van der Waals surface area contributed by atoms with Crippen LogP contribution in [0.25, 0.3) is 33.4 Å². The van der Waals surface area contributed by atoms with Gasteiger partial charge in [0.1, 0.15) is 35.1 Å². The smallest absolute Gasteiger partial charge is 0.150 e. The number of halogens is 2. The van der Waals surface area contributed by atoms with Crippen LogP contribution in [0.15, 0.2) is 41.0 Å². The van der Waals surface area contributed by atoms with Crippen LogP contribution in [0.3, 0.4) is 0 Å². The van der Waals surface area contributed by atoms with Gasteiger partial charge in [-0.1, -0.05) is 16.8 Å². The van der Waals surface area contributed by atoms with Crippen LogP contribution in [0.1, 0.15) is 22.5 Å². The van der Waals surface area contributed by atoms with Crippen LogP contribution in [-0.2, 0) is 17.7 Å². The standard InChI is InChI=1S/C24H24F2N6S/c1-13-9-15(16(25)11-18(13)27)22-20(21-23(28)29-12-30-24(21)32(22)2)14-5-6-19(17(26)10-14)31-33-7-3-4-8-33/h5-6,9-12H,3-4,7-8,27H2,1-2H3,(H2,28,29,30)/i2D3. The Labute approximate surface area is 197 Å². The summed E-state index contributed by atoms with van der Waals surface area (Å²) in [4.78, 5) is 8.20. The third kappa shape index (κ3) is 3.66. The average Bonchev–Trinajstić information content (AvgIpc) is 3.44. The lowest BCUT2D eigenvalue weighted by Gasteiger charge is -2.12. The van der Waals surface area contributed by atoms with E-state index in [9.17, 15) is 0 Å². The number of nitrogens with two attached hydrogens (primary N) is 2. The molecule has 0 radical (unpaired) electrons. The molecule has 0 saturated carbocycles. The normalized spacial score (nSPS) is 16.0. The molecule has 4 N–H and O–H groups in total. The summed E-state index contributed by atoms with van der Waals surface area (Å²) >= 11 is 0. The van der Waals surface area contributed by atoms with Gasteiger partial charge in [-0.3, -0.25) is 0 Å². The molecule has 1 aliphatic rings. The SMILES string of the molecule is [2H]C([2H])([2H])n1c(-c2cc(C)c(N)cc2F)c(-c2ccc(N=S3CCCC3)c(F)c2)c2c(N)ncnc21. The predicted molar refractivity (Wildman–Crippen MR) is 131 cm³/mol. The maximum atomic E-state index is 15.3. The molecule has 0 atom stereocenters. The molecule has 2 aromatic heterocycles. The van der Waals surface area contributed by atoms with E-state index in [4.69, 9.17) is 15.6 Å². The Hall–Kier alpha value is -3.33. The Kier molecular flexibility index (Phi) is 4.52. The highest BCUT2D eigenvalue weighted by molar-refractivity contribution is 7.87. The van der Waals surface area contributed by atoms with Crippen molar-refractivity contribution in [3.8, 4) is 22.4 Å². The van der Waals surface area contributed by atoms with Gasteiger partial charge in [0.05, 0.1) is 11.1 Å². The zero-order valence-electron chi connectivity index (χ0n) is 20.9. The molecular weight excluding hydrogens is 442 g/mol. The maximum absolute atomic E-state index is 15.3. The molecule has 0 spiro atoms. The summed E-state index contributed by atoms with van der Waals surface area (Å²) in [6.07, 6.45) is 3.30. The zero-order valence-corrected chi connectivity index (χ0v) is 18.7. The van der Waals surface area contributed by atoms with E-state index >= 15 is 8.78 Å². The molecule has 1 saturated heterocycles. The van der Waals surface area contributed by atoms with E-state index in [2.05, 4.69) is 14.3 Å². The van der Waals surface area contributed by atoms with Crippen molar-refractivity contribution < 1.29 is 12.9 Å². The van der Waals surface area contributed by atoms with Crippen molar-refractivity contribution in [2.24, 2.45) is 11.3 Å². The molecule has 1 fully saturated rings. The highest BCUT2D eigenvalue weighted by Gasteiger charge is 2.25. The minimum atomic E-state index is -2.76. The van der Waals surface area contributed by atoms with Crippen LogP contribution in [0.5, 0.6) is 0 Å². The van der Waals surface area contributed by atoms with E-state index < -0.39 is 18.6 Å². The van der Waals surface area contributed by atoms with Crippen LogP contribution < -0.4 is 11.5 Å². The first-order chi connectivity index (χ1) is 17.1. The molecule has 9 heteroatoms. The van der Waals surface area contributed by atoms with Gasteiger partial charge in [0.15, 0.2) is 0 Å². The minimum absolute atomic E-state index is 0.00608. The second-order valence-corrected chi connectivity index (χ2v) is 9.96. The van der Waals surface area contributed by atoms with E-state index in [1.807, 2.05) is 0 Å². The second-order valence-electron chi connectivity index (χ2n) is 8.04. The van der Waals surface area contributed by atoms with E-state index in [1.165, 1.54) is 12.1 Å². The predicted octanol–water partition coefficient (Wildman–Crippen LogP) is 5.28. The second kappa shape index (κ2) is 8.22. The molecule has 4 aromatic rings. The minimum Gasteiger partial charge on any atom is -0.398 e. The molecule has 2 aromatic carbocycles. The van der Waals surface area contributed by atoms with Gasteiger partial charge in [0.25, 0.3) is 0 Å². The Morgan fingerprint density at radius 1 is 1.09 bits per heavy atom. The highest BCUT2D eigenvalue weighted by atomic mass is 32.2. The fourth-order valence-corrected chi connectivity index (χ4v) is 6.04. The number of benzene rings is 2. The largest absolute Gasteiger partial charge is 0.398 e. The van der Waals surface area contributed by atoms with Crippen molar-refractivity contribution in [1.82, 2.24) is 14.5 Å². The maximum Gasteiger partial charge on any atom is 0.150 e. The van der Waals surface area contributed by atoms with Crippen molar-refractivity contribution >= 4 is 38.9 Å². The van der Waals surface area contributed by atoms with E-state index in [-0.39, 0.29) is 55.7 Å². The number of aryl methyl sites for hydroxylation is 2. The summed E-state index contributed by atoms with van der Waals surface area (Å²) in [5, 5.41) is 0.194. The number of aromatic nitrogens is 3. The molecule has 0 aliphatic carbocycles. The van der Waals surface area contributed by atoms with Gasteiger partial charge in [-0.05, 0) is 55.2 Å². The van der Waals surface area contributed by atoms with Gasteiger partial charge in [-0.25, -0.2) is 23.1 Å². The van der Waals surface area contributed by atoms with Gasteiger partial charge in [-0.15, -0.1) is 0 Å². The van der Waals surface area contributed by atoms with Gasteiger partial charge < -0.3 is 16.0 Å². The van der Waals surface area contributed by atoms with E-state index in [0.29, 0.717) is 11.1 Å². The topological polar surface area (TPSA) is 95.1 Å². The summed E-state index contributed by atoms with van der Waals surface area (Å²) in [7, 11) is -0.210. The van der Waals surface area contributed by atoms with Gasteiger partial charge in [-0.2, -0.15) is 0 Å². The number of nitrogen functional groups attached to an aromatic ring is 2. The Bertz CT molecular complexity index is 1540. The summed E-state index contributed by atoms with van der Waals surface area (Å²) < 4.78 is 60.8. The molecular formula is C24H24F2N6S. The first-order valence-electron chi connectivity index (χ1n) is 12.0. The Morgan fingerprint density at radius 2 is 1.88 bits per heavy atom. The number of fused-ring (bicyclic) bond motifs is 1. The summed E-state index contributed by atoms with van der Waals surface area (Å²) in [6, 6.07) is 7.07. The Morgan fingerprint density at radius 3 is 2.61 bits per heavy atom. The number of anilines is 2. The lowest BCUT2D eigenvalue weighted by Crippen LogP contribution is -1.99. The van der Waals surface area contributed by atoms with Crippen LogP contribution in [0.2, 0.25) is 0 Å². The summed E-state index contributed by atoms with van der Waals surface area (Å²) in [5.41, 5.74) is 13.6. The fourth-order valence-electron chi connectivity index (χ4n) is 4.16. The quantitative estimate of drug-likeness (QED) is 0.399. The fraction of sp³-hybridized carbons (Fsp3) is 0.250. The lowest BCUT2D eigenvalue weighted by molar-refractivity contribution is 0.630. The molecule has 0 bridgehead atoms. The monoisotopic (exact) mass is 469 g/mol. The van der Waals surface area contributed by atoms with Crippen molar-refractivity contribution in [1.29, 1.82) is 0 Å². The van der Waals surface area contributed by atoms with Crippen LogP contribution in [-0.4, -0.2) is 26.0 Å². The molecule has 0 unspecified atom stereocenters. The van der Waals surface area contributed by atoms with Crippen molar-refractivity contribution in [2.75, 3.05) is 23.0 Å². The highest BCUT2D eigenvalue weighted by Crippen LogP contribution is 2.43. The zero-order chi connectivity index (χ0) is 25.8. The molecule has 170 valence electrons. The van der Waals surface area contributed by atoms with E-state index in [0.717, 1.165) is 41.3 Å². The first kappa shape index (κ1) is 18.1. The van der Waals surface area contributed by atoms with Crippen LogP contribution >= 0.6 is 0 Å². The van der Waals surface area contributed by atoms with Crippen molar-refractivity contribution in [2.45, 2.75) is 19.8 Å². The molecule has 33 heavy (non-hydrogen) atoms. The number of hydrogen-bond acceptors (Lipinski definition) is 5. The van der Waals surface area contributed by atoms with Gasteiger partial charge >= 0.3 is 0 Å². The van der Waals surface area contributed by atoms with Gasteiger partial charge in [0, 0.05) is 39.4 Å². The first-order valence-corrected chi connectivity index (χ1v) is 12.0. The van der Waals surface area contributed by atoms with Crippen LogP contribution in [0, 0.1) is 18.6 Å². The molecule has 1 aliphatic heterocycles. The van der Waals surface area contributed by atoms with Crippen LogP contribution in [0.4, 0.5) is 26.0 Å². The number of rotatable bonds is 3.